The molecule has 2 fully saturated rings. The van der Waals surface area contributed by atoms with E-state index >= 15 is 0 Å². The van der Waals surface area contributed by atoms with E-state index in [2.05, 4.69) is 12.2 Å². The normalized spacial score (nSPS) is 29.1. The summed E-state index contributed by atoms with van der Waals surface area (Å²) in [6, 6.07) is 0.648. The Balaban J connectivity index is 1.79. The minimum atomic E-state index is 0.154. The minimum absolute atomic E-state index is 0.154. The van der Waals surface area contributed by atoms with Crippen molar-refractivity contribution in [2.75, 3.05) is 13.1 Å². The van der Waals surface area contributed by atoms with Gasteiger partial charge in [0, 0.05) is 19.1 Å². The molecule has 3 nitrogen and oxygen atoms in total. The maximum atomic E-state index is 11.5. The molecule has 12 heavy (non-hydrogen) atoms. The molecule has 1 aliphatic heterocycles. The van der Waals surface area contributed by atoms with E-state index in [9.17, 15) is 4.79 Å². The molecule has 1 heterocycles. The number of amides is 2. The third-order valence-electron chi connectivity index (χ3n) is 2.62. The van der Waals surface area contributed by atoms with Gasteiger partial charge in [-0.3, -0.25) is 0 Å². The van der Waals surface area contributed by atoms with Gasteiger partial charge in [-0.15, -0.1) is 0 Å². The van der Waals surface area contributed by atoms with Crippen LogP contribution in [0.3, 0.4) is 0 Å². The van der Waals surface area contributed by atoms with Crippen molar-refractivity contribution in [3.05, 3.63) is 0 Å². The van der Waals surface area contributed by atoms with Gasteiger partial charge in [0.1, 0.15) is 0 Å². The average Bonchev–Trinajstić information content (AvgIpc) is 2.72. The summed E-state index contributed by atoms with van der Waals surface area (Å²) in [4.78, 5) is 13.4. The maximum absolute atomic E-state index is 11.5. The zero-order valence-corrected chi connectivity index (χ0v) is 7.55. The topological polar surface area (TPSA) is 32.3 Å². The van der Waals surface area contributed by atoms with Crippen molar-refractivity contribution in [2.45, 2.75) is 32.2 Å². The Kier molecular flexibility index (Phi) is 1.95. The van der Waals surface area contributed by atoms with Crippen LogP contribution in [0.25, 0.3) is 0 Å². The van der Waals surface area contributed by atoms with E-state index in [-0.39, 0.29) is 6.03 Å². The van der Waals surface area contributed by atoms with Crippen LogP contribution in [0.1, 0.15) is 26.2 Å². The molecular weight excluding hydrogens is 152 g/mol. The maximum Gasteiger partial charge on any atom is 0.317 e. The van der Waals surface area contributed by atoms with E-state index in [0.717, 1.165) is 19.5 Å². The fourth-order valence-corrected chi connectivity index (χ4v) is 1.61. The largest absolute Gasteiger partial charge is 0.335 e. The van der Waals surface area contributed by atoms with E-state index in [0.29, 0.717) is 12.0 Å². The Morgan fingerprint density at radius 3 is 2.67 bits per heavy atom. The standard InChI is InChI=1S/C9H16N2O/c1-7-4-5-11(6-7)9(12)10-8-2-3-8/h7-8H,2-6H2,1H3,(H,10,12). The summed E-state index contributed by atoms with van der Waals surface area (Å²) >= 11 is 0. The molecule has 0 aromatic heterocycles. The fourth-order valence-electron chi connectivity index (χ4n) is 1.61. The molecule has 1 saturated heterocycles. The van der Waals surface area contributed by atoms with Crippen LogP contribution in [0.15, 0.2) is 0 Å². The summed E-state index contributed by atoms with van der Waals surface area (Å²) in [5.74, 6) is 0.690. The number of likely N-dealkylation sites (tertiary alicyclic amines) is 1. The summed E-state index contributed by atoms with van der Waals surface area (Å²) < 4.78 is 0. The lowest BCUT2D eigenvalue weighted by molar-refractivity contribution is 0.207. The van der Waals surface area contributed by atoms with Gasteiger partial charge in [-0.2, -0.15) is 0 Å². The Bertz CT molecular complexity index is 189. The van der Waals surface area contributed by atoms with Gasteiger partial charge in [0.05, 0.1) is 0 Å². The molecule has 0 aromatic rings. The summed E-state index contributed by atoms with van der Waals surface area (Å²) in [6.07, 6.45) is 3.52. The number of hydrogen-bond donors (Lipinski definition) is 1. The highest BCUT2D eigenvalue weighted by Gasteiger charge is 2.28. The molecule has 68 valence electrons. The monoisotopic (exact) mass is 168 g/mol. The van der Waals surface area contributed by atoms with Gasteiger partial charge >= 0.3 is 6.03 Å². The summed E-state index contributed by atoms with van der Waals surface area (Å²) in [5.41, 5.74) is 0. The number of nitrogens with one attached hydrogen (secondary N) is 1. The summed E-state index contributed by atoms with van der Waals surface area (Å²) in [5, 5.41) is 3.00. The Labute approximate surface area is 73.1 Å². The van der Waals surface area contributed by atoms with E-state index in [1.54, 1.807) is 0 Å². The van der Waals surface area contributed by atoms with Gasteiger partial charge in [0.25, 0.3) is 0 Å². The molecule has 1 N–H and O–H groups in total. The first kappa shape index (κ1) is 7.90. The number of carbonyl (C=O) groups is 1. The lowest BCUT2D eigenvalue weighted by atomic mass is 10.2. The first-order valence-electron chi connectivity index (χ1n) is 4.81. The van der Waals surface area contributed by atoms with E-state index in [4.69, 9.17) is 0 Å². The summed E-state index contributed by atoms with van der Waals surface area (Å²) in [6.45, 7) is 4.09. The van der Waals surface area contributed by atoms with Crippen LogP contribution < -0.4 is 5.32 Å². The molecule has 0 spiro atoms. The molecule has 0 bridgehead atoms. The minimum Gasteiger partial charge on any atom is -0.335 e. The number of rotatable bonds is 1. The van der Waals surface area contributed by atoms with Gasteiger partial charge in [-0.05, 0) is 25.2 Å². The number of urea groups is 1. The van der Waals surface area contributed by atoms with Crippen LogP contribution in [0.2, 0.25) is 0 Å². The quantitative estimate of drug-likeness (QED) is 0.627. The lowest BCUT2D eigenvalue weighted by Gasteiger charge is -2.16. The highest BCUT2D eigenvalue weighted by atomic mass is 16.2. The Morgan fingerprint density at radius 2 is 2.17 bits per heavy atom. The average molecular weight is 168 g/mol. The van der Waals surface area contributed by atoms with Crippen LogP contribution in [0.4, 0.5) is 4.79 Å². The van der Waals surface area contributed by atoms with E-state index in [1.807, 2.05) is 4.90 Å². The van der Waals surface area contributed by atoms with Crippen molar-refractivity contribution >= 4 is 6.03 Å². The van der Waals surface area contributed by atoms with Crippen molar-refractivity contribution < 1.29 is 4.79 Å². The molecule has 2 amide bonds. The number of nitrogens with zero attached hydrogens (tertiary/aromatic N) is 1. The molecule has 2 aliphatic rings. The Hall–Kier alpha value is -0.730. The second kappa shape index (κ2) is 2.96. The van der Waals surface area contributed by atoms with Crippen LogP contribution in [0.5, 0.6) is 0 Å². The molecule has 1 unspecified atom stereocenters. The summed E-state index contributed by atoms with van der Waals surface area (Å²) in [7, 11) is 0. The van der Waals surface area contributed by atoms with Crippen molar-refractivity contribution in [2.24, 2.45) is 5.92 Å². The first-order valence-corrected chi connectivity index (χ1v) is 4.81. The second-order valence-electron chi connectivity index (χ2n) is 4.06. The number of hydrogen-bond acceptors (Lipinski definition) is 1. The van der Waals surface area contributed by atoms with Gasteiger partial charge < -0.3 is 10.2 Å². The Morgan fingerprint density at radius 1 is 1.42 bits per heavy atom. The van der Waals surface area contributed by atoms with E-state index in [1.165, 1.54) is 12.8 Å². The molecule has 0 aromatic carbocycles. The highest BCUT2D eigenvalue weighted by Crippen LogP contribution is 2.20. The molecule has 0 radical (unpaired) electrons. The van der Waals surface area contributed by atoms with Crippen LogP contribution in [-0.2, 0) is 0 Å². The predicted octanol–water partition coefficient (Wildman–Crippen LogP) is 1.20. The predicted molar refractivity (Wildman–Crippen MR) is 46.9 cm³/mol. The third kappa shape index (κ3) is 1.71. The van der Waals surface area contributed by atoms with E-state index < -0.39 is 0 Å². The zero-order valence-electron chi connectivity index (χ0n) is 7.55. The van der Waals surface area contributed by atoms with Crippen molar-refractivity contribution in [3.63, 3.8) is 0 Å². The van der Waals surface area contributed by atoms with Gasteiger partial charge in [-0.25, -0.2) is 4.79 Å². The first-order chi connectivity index (χ1) is 5.75. The van der Waals surface area contributed by atoms with Crippen molar-refractivity contribution in [3.8, 4) is 0 Å². The molecule has 2 rings (SSSR count). The third-order valence-corrected chi connectivity index (χ3v) is 2.62. The van der Waals surface area contributed by atoms with Crippen LogP contribution >= 0.6 is 0 Å². The lowest BCUT2D eigenvalue weighted by Crippen LogP contribution is -2.39. The molecule has 1 saturated carbocycles. The SMILES string of the molecule is CC1CCN(C(=O)NC2CC2)C1. The van der Waals surface area contributed by atoms with Gasteiger partial charge in [0.2, 0.25) is 0 Å². The zero-order chi connectivity index (χ0) is 8.55. The van der Waals surface area contributed by atoms with Gasteiger partial charge in [0.15, 0.2) is 0 Å². The molecule has 1 aliphatic carbocycles. The van der Waals surface area contributed by atoms with Crippen LogP contribution in [0, 0.1) is 5.92 Å². The molecule has 3 heteroatoms. The molecular formula is C9H16N2O. The smallest absolute Gasteiger partial charge is 0.317 e. The highest BCUT2D eigenvalue weighted by molar-refractivity contribution is 5.75. The fraction of sp³-hybridized carbons (Fsp3) is 0.889. The second-order valence-corrected chi connectivity index (χ2v) is 4.06. The van der Waals surface area contributed by atoms with Crippen molar-refractivity contribution in [1.29, 1.82) is 0 Å². The van der Waals surface area contributed by atoms with Crippen molar-refractivity contribution in [1.82, 2.24) is 10.2 Å². The van der Waals surface area contributed by atoms with Gasteiger partial charge in [-0.1, -0.05) is 6.92 Å². The molecule has 1 atom stereocenters. The van der Waals surface area contributed by atoms with Crippen LogP contribution in [-0.4, -0.2) is 30.1 Å². The number of carbonyl (C=O) groups excluding carboxylic acids is 1.